The van der Waals surface area contributed by atoms with E-state index in [0.717, 1.165) is 37.0 Å². The van der Waals surface area contributed by atoms with Crippen molar-refractivity contribution in [1.29, 1.82) is 0 Å². The van der Waals surface area contributed by atoms with Gasteiger partial charge in [0.1, 0.15) is 5.82 Å². The number of hydrogen-bond donors (Lipinski definition) is 3. The van der Waals surface area contributed by atoms with Gasteiger partial charge in [-0.2, -0.15) is 0 Å². The fourth-order valence-electron chi connectivity index (χ4n) is 4.53. The zero-order valence-electron chi connectivity index (χ0n) is 18.7. The molecule has 178 valence electrons. The van der Waals surface area contributed by atoms with Gasteiger partial charge in [-0.3, -0.25) is 14.4 Å². The molecule has 0 spiro atoms. The van der Waals surface area contributed by atoms with Gasteiger partial charge in [0.2, 0.25) is 0 Å². The zero-order valence-corrected chi connectivity index (χ0v) is 19.5. The first kappa shape index (κ1) is 23.9. The predicted molar refractivity (Wildman–Crippen MR) is 130 cm³/mol. The van der Waals surface area contributed by atoms with E-state index in [1.165, 1.54) is 11.6 Å². The Morgan fingerprint density at radius 1 is 0.941 bits per heavy atom. The van der Waals surface area contributed by atoms with Crippen LogP contribution in [-0.4, -0.2) is 36.0 Å². The molecule has 0 saturated heterocycles. The molecular formula is C26H27FN2O4S. The molecular weight excluding hydrogens is 455 g/mol. The van der Waals surface area contributed by atoms with Crippen molar-refractivity contribution >= 4 is 39.2 Å². The molecule has 8 heteroatoms. The third kappa shape index (κ3) is 5.80. The number of carbonyl (C=O) groups is 3. The van der Waals surface area contributed by atoms with E-state index in [4.69, 9.17) is 5.11 Å². The zero-order chi connectivity index (χ0) is 24.1. The number of halogens is 1. The number of carboxylic acid groups (broad SMARTS) is 1. The van der Waals surface area contributed by atoms with Gasteiger partial charge < -0.3 is 15.7 Å². The lowest BCUT2D eigenvalue weighted by molar-refractivity contribution is -0.138. The smallest absolute Gasteiger partial charge is 0.303 e. The fraction of sp³-hybridized carbons (Fsp3) is 0.346. The average Bonchev–Trinajstić information content (AvgIpc) is 3.28. The maximum absolute atomic E-state index is 13.8. The highest BCUT2D eigenvalue weighted by atomic mass is 32.1. The van der Waals surface area contributed by atoms with Crippen LogP contribution in [0.3, 0.4) is 0 Å². The summed E-state index contributed by atoms with van der Waals surface area (Å²) in [6.07, 6.45) is 4.02. The van der Waals surface area contributed by atoms with Crippen LogP contribution in [0.15, 0.2) is 48.5 Å². The van der Waals surface area contributed by atoms with Crippen molar-refractivity contribution in [2.75, 3.05) is 13.1 Å². The molecule has 0 radical (unpaired) electrons. The highest BCUT2D eigenvalue weighted by Crippen LogP contribution is 2.37. The first-order chi connectivity index (χ1) is 16.4. The van der Waals surface area contributed by atoms with E-state index >= 15 is 0 Å². The number of rotatable bonds is 8. The summed E-state index contributed by atoms with van der Waals surface area (Å²) in [7, 11) is 0. The van der Waals surface area contributed by atoms with Crippen molar-refractivity contribution in [1.82, 2.24) is 10.6 Å². The van der Waals surface area contributed by atoms with Crippen molar-refractivity contribution in [3.05, 3.63) is 70.4 Å². The Balaban J connectivity index is 1.21. The average molecular weight is 483 g/mol. The highest BCUT2D eigenvalue weighted by Gasteiger charge is 2.24. The largest absolute Gasteiger partial charge is 0.481 e. The van der Waals surface area contributed by atoms with Gasteiger partial charge in [-0.25, -0.2) is 4.39 Å². The molecule has 0 atom stereocenters. The van der Waals surface area contributed by atoms with Crippen LogP contribution >= 0.6 is 11.3 Å². The number of benzene rings is 2. The first-order valence-electron chi connectivity index (χ1n) is 11.5. The van der Waals surface area contributed by atoms with Crippen LogP contribution < -0.4 is 10.6 Å². The number of nitrogens with one attached hydrogen (secondary N) is 2. The normalized spacial score (nSPS) is 17.9. The summed E-state index contributed by atoms with van der Waals surface area (Å²) in [5.41, 5.74) is 1.73. The number of thiophene rings is 1. The number of aliphatic carboxylic acids is 1. The van der Waals surface area contributed by atoms with Crippen LogP contribution in [0.25, 0.3) is 10.1 Å². The number of hydrogen-bond acceptors (Lipinski definition) is 4. The van der Waals surface area contributed by atoms with Gasteiger partial charge in [-0.05, 0) is 72.7 Å². The molecule has 1 fully saturated rings. The lowest BCUT2D eigenvalue weighted by Gasteiger charge is -2.28. The van der Waals surface area contributed by atoms with Gasteiger partial charge in [0.15, 0.2) is 0 Å². The van der Waals surface area contributed by atoms with Crippen LogP contribution in [0.2, 0.25) is 0 Å². The van der Waals surface area contributed by atoms with E-state index in [0.29, 0.717) is 26.4 Å². The third-order valence-corrected chi connectivity index (χ3v) is 7.53. The van der Waals surface area contributed by atoms with Gasteiger partial charge in [0.25, 0.3) is 11.8 Å². The minimum absolute atomic E-state index is 0.213. The molecule has 4 rings (SSSR count). The van der Waals surface area contributed by atoms with E-state index in [-0.39, 0.29) is 43.1 Å². The summed E-state index contributed by atoms with van der Waals surface area (Å²) in [5, 5.41) is 15.2. The standard InChI is InChI=1S/C26H27FN2O4S/c27-21-3-1-2-20-15-22(34-24(20)21)26(33)29-13-12-28-25(32)19-10-8-18(9-11-19)17-6-4-16(5-7-17)14-23(30)31/h1-3,8-11,15-17H,4-7,12-14H2,(H,28,32)(H,29,33)(H,30,31). The topological polar surface area (TPSA) is 95.5 Å². The van der Waals surface area contributed by atoms with Crippen LogP contribution in [0.1, 0.15) is 63.6 Å². The molecule has 6 nitrogen and oxygen atoms in total. The Morgan fingerprint density at radius 3 is 2.26 bits per heavy atom. The van der Waals surface area contributed by atoms with E-state index < -0.39 is 5.97 Å². The molecule has 0 aliphatic heterocycles. The summed E-state index contributed by atoms with van der Waals surface area (Å²) < 4.78 is 14.3. The van der Waals surface area contributed by atoms with Crippen LogP contribution in [0.5, 0.6) is 0 Å². The third-order valence-electron chi connectivity index (χ3n) is 6.37. The van der Waals surface area contributed by atoms with E-state index in [9.17, 15) is 18.8 Å². The van der Waals surface area contributed by atoms with Crippen molar-refractivity contribution in [3.8, 4) is 0 Å². The molecule has 2 aromatic carbocycles. The van der Waals surface area contributed by atoms with Crippen LogP contribution in [0, 0.1) is 11.7 Å². The molecule has 3 N–H and O–H groups in total. The molecule has 1 heterocycles. The van der Waals surface area contributed by atoms with Gasteiger partial charge in [0.05, 0.1) is 9.58 Å². The predicted octanol–water partition coefficient (Wildman–Crippen LogP) is 4.95. The SMILES string of the molecule is O=C(O)CC1CCC(c2ccc(C(=O)NCCNC(=O)c3cc4cccc(F)c4s3)cc2)CC1. The minimum Gasteiger partial charge on any atom is -0.481 e. The Bertz CT molecular complexity index is 1180. The Hall–Kier alpha value is -3.26. The second-order valence-electron chi connectivity index (χ2n) is 8.72. The van der Waals surface area contributed by atoms with Crippen LogP contribution in [0.4, 0.5) is 4.39 Å². The molecule has 0 unspecified atom stereocenters. The lowest BCUT2D eigenvalue weighted by Crippen LogP contribution is -2.34. The number of fused-ring (bicyclic) bond motifs is 1. The fourth-order valence-corrected chi connectivity index (χ4v) is 5.52. The Kier molecular flexibility index (Phi) is 7.57. The molecule has 2 amide bonds. The van der Waals surface area contributed by atoms with Crippen molar-refractivity contribution in [2.45, 2.75) is 38.0 Å². The van der Waals surface area contributed by atoms with Gasteiger partial charge >= 0.3 is 5.97 Å². The number of carboxylic acids is 1. The molecule has 1 aromatic heterocycles. The van der Waals surface area contributed by atoms with E-state index in [2.05, 4.69) is 10.6 Å². The second-order valence-corrected chi connectivity index (χ2v) is 9.77. The summed E-state index contributed by atoms with van der Waals surface area (Å²) in [5.74, 6) is -0.911. The Morgan fingerprint density at radius 2 is 1.62 bits per heavy atom. The van der Waals surface area contributed by atoms with Gasteiger partial charge in [-0.15, -0.1) is 11.3 Å². The number of amides is 2. The summed E-state index contributed by atoms with van der Waals surface area (Å²) in [4.78, 5) is 36.1. The van der Waals surface area contributed by atoms with Gasteiger partial charge in [0, 0.05) is 25.1 Å². The molecule has 3 aromatic rings. The number of carbonyl (C=O) groups excluding carboxylic acids is 2. The summed E-state index contributed by atoms with van der Waals surface area (Å²) in [6.45, 7) is 0.540. The second kappa shape index (κ2) is 10.8. The Labute approximate surface area is 201 Å². The maximum atomic E-state index is 13.8. The maximum Gasteiger partial charge on any atom is 0.303 e. The molecule has 0 bridgehead atoms. The minimum atomic E-state index is -0.728. The van der Waals surface area contributed by atoms with Gasteiger partial charge in [-0.1, -0.05) is 24.3 Å². The first-order valence-corrected chi connectivity index (χ1v) is 12.3. The van der Waals surface area contributed by atoms with E-state index in [1.54, 1.807) is 30.3 Å². The van der Waals surface area contributed by atoms with Crippen LogP contribution in [-0.2, 0) is 4.79 Å². The summed E-state index contributed by atoms with van der Waals surface area (Å²) >= 11 is 1.11. The van der Waals surface area contributed by atoms with Crippen molar-refractivity contribution < 1.29 is 23.9 Å². The molecule has 34 heavy (non-hydrogen) atoms. The monoisotopic (exact) mass is 482 g/mol. The van der Waals surface area contributed by atoms with Crippen molar-refractivity contribution in [3.63, 3.8) is 0 Å². The lowest BCUT2D eigenvalue weighted by atomic mass is 9.77. The van der Waals surface area contributed by atoms with Crippen molar-refractivity contribution in [2.24, 2.45) is 5.92 Å². The quantitative estimate of drug-likeness (QED) is 0.396. The molecule has 1 saturated carbocycles. The highest BCUT2D eigenvalue weighted by molar-refractivity contribution is 7.20. The summed E-state index contributed by atoms with van der Waals surface area (Å²) in [6, 6.07) is 14.0. The van der Waals surface area contributed by atoms with E-state index in [1.807, 2.05) is 12.1 Å². The molecule has 1 aliphatic carbocycles. The molecule has 1 aliphatic rings.